The van der Waals surface area contributed by atoms with Crippen LogP contribution in [0, 0.1) is 10.1 Å². The zero-order chi connectivity index (χ0) is 19.7. The van der Waals surface area contributed by atoms with Crippen LogP contribution in [0.5, 0.6) is 0 Å². The van der Waals surface area contributed by atoms with Crippen molar-refractivity contribution in [2.24, 2.45) is 0 Å². The van der Waals surface area contributed by atoms with E-state index in [0.29, 0.717) is 6.17 Å². The molecular weight excluding hydrogens is 352 g/mol. The first-order valence-corrected chi connectivity index (χ1v) is 8.77. The Kier molecular flexibility index (Phi) is 9.34. The van der Waals surface area contributed by atoms with Crippen molar-refractivity contribution < 1.29 is 26.6 Å². The molecule has 0 bridgehead atoms. The predicted octanol–water partition coefficient (Wildman–Crippen LogP) is 1.28. The van der Waals surface area contributed by atoms with E-state index in [4.69, 9.17) is 0 Å². The second-order valence-corrected chi connectivity index (χ2v) is 7.15. The molecule has 11 heteroatoms. The van der Waals surface area contributed by atoms with Crippen LogP contribution in [0.15, 0.2) is 24.3 Å². The van der Waals surface area contributed by atoms with Gasteiger partial charge in [-0.05, 0) is 24.3 Å². The lowest BCUT2D eigenvalue weighted by molar-refractivity contribution is -0.892. The van der Waals surface area contributed by atoms with Crippen molar-refractivity contribution in [3.63, 3.8) is 0 Å². The molecule has 1 rings (SSSR count). The fourth-order valence-electron chi connectivity index (χ4n) is 1.88. The molecular formula is C14H26N4O6S. The molecule has 1 unspecified atom stereocenters. The van der Waals surface area contributed by atoms with E-state index in [1.165, 1.54) is 0 Å². The Bertz CT molecular complexity index is 628. The third-order valence-corrected chi connectivity index (χ3v) is 3.56. The quantitative estimate of drug-likeness (QED) is 0.173. The Balaban J connectivity index is 0.000000823. The van der Waals surface area contributed by atoms with Crippen LogP contribution < -0.4 is 10.6 Å². The molecule has 0 saturated carbocycles. The summed E-state index contributed by atoms with van der Waals surface area (Å²) in [5.41, 5.74) is 1.77. The first-order valence-electron chi connectivity index (χ1n) is 7.44. The Morgan fingerprint density at radius 1 is 1.20 bits per heavy atom. The summed E-state index contributed by atoms with van der Waals surface area (Å²) in [7, 11) is 2.84. The van der Waals surface area contributed by atoms with Crippen molar-refractivity contribution in [1.82, 2.24) is 0 Å². The third-order valence-electron chi connectivity index (χ3n) is 3.16. The SMILES string of the molecule is CCC(Nc1ccc(NC[N+](=O)[O-])cc1)[N+](C)(C)C.COS(=O)(=O)[O-]. The van der Waals surface area contributed by atoms with Gasteiger partial charge in [-0.25, -0.2) is 8.42 Å². The summed E-state index contributed by atoms with van der Waals surface area (Å²) in [6, 6.07) is 7.55. The maximum Gasteiger partial charge on any atom is 0.275 e. The molecule has 0 amide bonds. The van der Waals surface area contributed by atoms with Gasteiger partial charge in [0.15, 0.2) is 6.17 Å². The highest BCUT2D eigenvalue weighted by molar-refractivity contribution is 7.80. The van der Waals surface area contributed by atoms with Gasteiger partial charge in [-0.1, -0.05) is 6.92 Å². The Hall–Kier alpha value is -1.95. The average molecular weight is 378 g/mol. The van der Waals surface area contributed by atoms with E-state index < -0.39 is 15.3 Å². The van der Waals surface area contributed by atoms with Gasteiger partial charge in [0.1, 0.15) is 0 Å². The smallest absolute Gasteiger partial charge is 0.275 e. The number of benzene rings is 1. The van der Waals surface area contributed by atoms with Gasteiger partial charge < -0.3 is 19.7 Å². The standard InChI is InChI=1S/C13H23N4O2.CH4O4S/c1-5-13(17(2,3)4)15-12-8-6-11(7-9-12)14-10-16(18)19;1-5-6(2,3)4/h6-9,13-15H,5,10H2,1-4H3;1H3,(H,2,3,4)/q+1;/p-1. The van der Waals surface area contributed by atoms with Gasteiger partial charge in [0.25, 0.3) is 6.67 Å². The molecule has 0 aromatic heterocycles. The molecule has 1 aromatic carbocycles. The molecule has 0 aliphatic carbocycles. The minimum Gasteiger partial charge on any atom is -0.726 e. The summed E-state index contributed by atoms with van der Waals surface area (Å²) in [6.45, 7) is 1.89. The van der Waals surface area contributed by atoms with Crippen LogP contribution >= 0.6 is 0 Å². The van der Waals surface area contributed by atoms with E-state index >= 15 is 0 Å². The Morgan fingerprint density at radius 2 is 1.64 bits per heavy atom. The molecule has 1 atom stereocenters. The largest absolute Gasteiger partial charge is 0.726 e. The number of anilines is 2. The summed E-state index contributed by atoms with van der Waals surface area (Å²) >= 11 is 0. The monoisotopic (exact) mass is 378 g/mol. The van der Waals surface area contributed by atoms with Crippen LogP contribution in [0.25, 0.3) is 0 Å². The van der Waals surface area contributed by atoms with E-state index in [1.807, 2.05) is 24.3 Å². The summed E-state index contributed by atoms with van der Waals surface area (Å²) in [5.74, 6) is 0. The molecule has 10 nitrogen and oxygen atoms in total. The summed E-state index contributed by atoms with van der Waals surface area (Å²) < 4.78 is 31.9. The highest BCUT2D eigenvalue weighted by atomic mass is 32.3. The number of hydrogen-bond donors (Lipinski definition) is 2. The van der Waals surface area contributed by atoms with Crippen LogP contribution in [-0.2, 0) is 14.6 Å². The van der Waals surface area contributed by atoms with E-state index in [9.17, 15) is 23.1 Å². The van der Waals surface area contributed by atoms with Gasteiger partial charge in [0, 0.05) is 22.7 Å². The fourth-order valence-corrected chi connectivity index (χ4v) is 1.88. The fraction of sp³-hybridized carbons (Fsp3) is 0.571. The number of rotatable bonds is 8. The highest BCUT2D eigenvalue weighted by Gasteiger charge is 2.20. The minimum atomic E-state index is -4.41. The minimum absolute atomic E-state index is 0.261. The second-order valence-electron chi connectivity index (χ2n) is 6.00. The molecule has 144 valence electrons. The summed E-state index contributed by atoms with van der Waals surface area (Å²) in [6.07, 6.45) is 1.35. The van der Waals surface area contributed by atoms with E-state index in [2.05, 4.69) is 42.9 Å². The Morgan fingerprint density at radius 3 is 1.96 bits per heavy atom. The average Bonchev–Trinajstić information content (AvgIpc) is 2.50. The first-order chi connectivity index (χ1) is 11.4. The van der Waals surface area contributed by atoms with Gasteiger partial charge in [-0.3, -0.25) is 14.3 Å². The number of quaternary nitrogens is 1. The lowest BCUT2D eigenvalue weighted by Gasteiger charge is -2.34. The van der Waals surface area contributed by atoms with Crippen LogP contribution in [0.3, 0.4) is 0 Å². The van der Waals surface area contributed by atoms with Crippen LogP contribution in [0.1, 0.15) is 13.3 Å². The van der Waals surface area contributed by atoms with Gasteiger partial charge in [-0.15, -0.1) is 0 Å². The zero-order valence-corrected chi connectivity index (χ0v) is 15.9. The van der Waals surface area contributed by atoms with Gasteiger partial charge in [-0.2, -0.15) is 0 Å². The van der Waals surface area contributed by atoms with Crippen molar-refractivity contribution in [3.8, 4) is 0 Å². The van der Waals surface area contributed by atoms with Gasteiger partial charge >= 0.3 is 0 Å². The highest BCUT2D eigenvalue weighted by Crippen LogP contribution is 2.17. The maximum atomic E-state index is 10.3. The van der Waals surface area contributed by atoms with Gasteiger partial charge in [0.2, 0.25) is 10.4 Å². The topological polar surface area (TPSA) is 134 Å². The van der Waals surface area contributed by atoms with Crippen LogP contribution in [0.4, 0.5) is 11.4 Å². The van der Waals surface area contributed by atoms with Crippen molar-refractivity contribution in [2.75, 3.05) is 45.6 Å². The molecule has 0 fully saturated rings. The number of nitrogens with one attached hydrogen (secondary N) is 2. The van der Waals surface area contributed by atoms with Crippen molar-refractivity contribution >= 4 is 21.8 Å². The number of nitrogens with zero attached hydrogens (tertiary/aromatic N) is 2. The molecule has 0 aliphatic heterocycles. The van der Waals surface area contributed by atoms with Crippen LogP contribution in [0.2, 0.25) is 0 Å². The van der Waals surface area contributed by atoms with Crippen molar-refractivity contribution in [3.05, 3.63) is 34.4 Å². The zero-order valence-electron chi connectivity index (χ0n) is 15.1. The van der Waals surface area contributed by atoms with Gasteiger partial charge in [0.05, 0.1) is 28.3 Å². The Labute approximate surface area is 148 Å². The molecule has 0 aliphatic rings. The number of hydrogen-bond acceptors (Lipinski definition) is 8. The van der Waals surface area contributed by atoms with E-state index in [1.54, 1.807) is 0 Å². The number of nitro groups is 1. The molecule has 0 radical (unpaired) electrons. The molecule has 25 heavy (non-hydrogen) atoms. The summed E-state index contributed by atoms with van der Waals surface area (Å²) in [5, 5.41) is 16.5. The lowest BCUT2D eigenvalue weighted by Crippen LogP contribution is -2.49. The van der Waals surface area contributed by atoms with E-state index in [0.717, 1.165) is 29.4 Å². The van der Waals surface area contributed by atoms with Crippen molar-refractivity contribution in [1.29, 1.82) is 0 Å². The molecule has 0 heterocycles. The lowest BCUT2D eigenvalue weighted by atomic mass is 10.2. The normalized spacial score (nSPS) is 12.6. The van der Waals surface area contributed by atoms with Crippen molar-refractivity contribution in [2.45, 2.75) is 19.5 Å². The van der Waals surface area contributed by atoms with E-state index in [-0.39, 0.29) is 6.67 Å². The molecule has 0 saturated heterocycles. The maximum absolute atomic E-state index is 10.3. The molecule has 0 spiro atoms. The third kappa shape index (κ3) is 11.3. The predicted molar refractivity (Wildman–Crippen MR) is 94.4 cm³/mol. The second kappa shape index (κ2) is 10.1. The van der Waals surface area contributed by atoms with Crippen LogP contribution in [-0.4, -0.2) is 63.5 Å². The molecule has 1 aromatic rings. The first kappa shape index (κ1) is 23.1. The molecule has 2 N–H and O–H groups in total. The summed E-state index contributed by atoms with van der Waals surface area (Å²) in [4.78, 5) is 9.87.